The van der Waals surface area contributed by atoms with Crippen molar-refractivity contribution in [3.05, 3.63) is 28.2 Å². The minimum absolute atomic E-state index is 0.0358. The van der Waals surface area contributed by atoms with Crippen molar-refractivity contribution in [2.24, 2.45) is 5.73 Å². The van der Waals surface area contributed by atoms with E-state index in [-0.39, 0.29) is 18.5 Å². The Morgan fingerprint density at radius 2 is 2.16 bits per heavy atom. The molecule has 19 heavy (non-hydrogen) atoms. The molecule has 3 N–H and O–H groups in total. The molecular formula is C13H18BrN3OS. The second-order valence-corrected chi connectivity index (χ2v) is 5.96. The number of hydrogen-bond acceptors (Lipinski definition) is 3. The van der Waals surface area contributed by atoms with Crippen molar-refractivity contribution in [3.63, 3.8) is 0 Å². The maximum atomic E-state index is 11.8. The highest BCUT2D eigenvalue weighted by atomic mass is 79.9. The Morgan fingerprint density at radius 1 is 1.53 bits per heavy atom. The van der Waals surface area contributed by atoms with Gasteiger partial charge >= 0.3 is 0 Å². The van der Waals surface area contributed by atoms with E-state index in [4.69, 9.17) is 18.0 Å². The number of anilines is 1. The van der Waals surface area contributed by atoms with E-state index in [0.29, 0.717) is 4.99 Å². The Morgan fingerprint density at radius 3 is 2.68 bits per heavy atom. The lowest BCUT2D eigenvalue weighted by Gasteiger charge is -2.22. The maximum Gasteiger partial charge on any atom is 0.239 e. The number of nitrogens with one attached hydrogen (secondary N) is 1. The van der Waals surface area contributed by atoms with Crippen LogP contribution in [0.1, 0.15) is 19.4 Å². The molecule has 0 aliphatic rings. The normalized spacial score (nSPS) is 10.4. The van der Waals surface area contributed by atoms with Crippen LogP contribution < -0.4 is 16.0 Å². The van der Waals surface area contributed by atoms with Gasteiger partial charge in [-0.1, -0.05) is 28.1 Å². The van der Waals surface area contributed by atoms with Gasteiger partial charge in [-0.05, 0) is 32.0 Å². The number of rotatable bonds is 5. The third kappa shape index (κ3) is 4.80. The van der Waals surface area contributed by atoms with E-state index in [0.717, 1.165) is 15.7 Å². The summed E-state index contributed by atoms with van der Waals surface area (Å²) in [4.78, 5) is 13.9. The number of benzene rings is 1. The highest BCUT2D eigenvalue weighted by Crippen LogP contribution is 2.24. The number of amides is 1. The zero-order valence-corrected chi connectivity index (χ0v) is 13.6. The molecular weight excluding hydrogens is 326 g/mol. The SMILES string of the molecule is CC(C)NC(=O)CN(C)c1cc(Br)ccc1C(N)=S. The summed E-state index contributed by atoms with van der Waals surface area (Å²) < 4.78 is 0.915. The van der Waals surface area contributed by atoms with E-state index < -0.39 is 0 Å². The molecule has 0 heterocycles. The van der Waals surface area contributed by atoms with Crippen molar-refractivity contribution >= 4 is 44.7 Å². The van der Waals surface area contributed by atoms with Gasteiger partial charge in [0.2, 0.25) is 5.91 Å². The third-order valence-electron chi connectivity index (χ3n) is 2.47. The highest BCUT2D eigenvalue weighted by Gasteiger charge is 2.13. The van der Waals surface area contributed by atoms with Crippen molar-refractivity contribution in [1.82, 2.24) is 5.32 Å². The molecule has 0 saturated heterocycles. The zero-order valence-electron chi connectivity index (χ0n) is 11.2. The summed E-state index contributed by atoms with van der Waals surface area (Å²) in [6, 6.07) is 5.74. The Hall–Kier alpha value is -1.14. The smallest absolute Gasteiger partial charge is 0.239 e. The Labute approximate surface area is 127 Å². The molecule has 1 aromatic carbocycles. The second-order valence-electron chi connectivity index (χ2n) is 4.60. The van der Waals surface area contributed by atoms with Gasteiger partial charge in [0.25, 0.3) is 0 Å². The molecule has 0 radical (unpaired) electrons. The predicted molar refractivity (Wildman–Crippen MR) is 86.6 cm³/mol. The maximum absolute atomic E-state index is 11.8. The van der Waals surface area contributed by atoms with E-state index in [9.17, 15) is 4.79 Å². The first-order chi connectivity index (χ1) is 8.81. The minimum atomic E-state index is -0.0358. The van der Waals surface area contributed by atoms with Gasteiger partial charge in [-0.25, -0.2) is 0 Å². The first-order valence-electron chi connectivity index (χ1n) is 5.91. The number of thiocarbonyl (C=S) groups is 1. The quantitative estimate of drug-likeness (QED) is 0.803. The summed E-state index contributed by atoms with van der Waals surface area (Å²) in [5.74, 6) is -0.0358. The number of carbonyl (C=O) groups is 1. The fourth-order valence-electron chi connectivity index (χ4n) is 1.70. The molecule has 0 fully saturated rings. The van der Waals surface area contributed by atoms with Gasteiger partial charge in [0.1, 0.15) is 4.99 Å². The number of carbonyl (C=O) groups excluding carboxylic acids is 1. The van der Waals surface area contributed by atoms with Crippen LogP contribution in [-0.2, 0) is 4.79 Å². The lowest BCUT2D eigenvalue weighted by molar-refractivity contribution is -0.120. The van der Waals surface area contributed by atoms with E-state index in [1.807, 2.05) is 44.0 Å². The fraction of sp³-hybridized carbons (Fsp3) is 0.385. The summed E-state index contributed by atoms with van der Waals surface area (Å²) in [6.45, 7) is 4.11. The lowest BCUT2D eigenvalue weighted by atomic mass is 10.1. The Bertz CT molecular complexity index is 491. The summed E-state index contributed by atoms with van der Waals surface area (Å²) in [7, 11) is 1.84. The van der Waals surface area contributed by atoms with Crippen LogP contribution >= 0.6 is 28.1 Å². The molecule has 4 nitrogen and oxygen atoms in total. The first kappa shape index (κ1) is 15.9. The second kappa shape index (κ2) is 6.86. The van der Waals surface area contributed by atoms with Gasteiger partial charge in [0.05, 0.1) is 6.54 Å². The van der Waals surface area contributed by atoms with E-state index >= 15 is 0 Å². The van der Waals surface area contributed by atoms with Gasteiger partial charge in [0.15, 0.2) is 0 Å². The van der Waals surface area contributed by atoms with E-state index in [1.54, 1.807) is 0 Å². The average Bonchev–Trinajstić information content (AvgIpc) is 2.26. The largest absolute Gasteiger partial charge is 0.389 e. The number of likely N-dealkylation sites (N-methyl/N-ethyl adjacent to an activating group) is 1. The molecule has 104 valence electrons. The van der Waals surface area contributed by atoms with Crippen molar-refractivity contribution in [2.45, 2.75) is 19.9 Å². The van der Waals surface area contributed by atoms with Crippen LogP contribution in [0, 0.1) is 0 Å². The molecule has 0 bridgehead atoms. The van der Waals surface area contributed by atoms with Crippen LogP contribution in [0.4, 0.5) is 5.69 Å². The van der Waals surface area contributed by atoms with Gasteiger partial charge in [-0.3, -0.25) is 4.79 Å². The number of hydrogen-bond donors (Lipinski definition) is 2. The highest BCUT2D eigenvalue weighted by molar-refractivity contribution is 9.10. The molecule has 6 heteroatoms. The lowest BCUT2D eigenvalue weighted by Crippen LogP contribution is -2.39. The fourth-order valence-corrected chi connectivity index (χ4v) is 2.22. The van der Waals surface area contributed by atoms with Gasteiger partial charge < -0.3 is 16.0 Å². The van der Waals surface area contributed by atoms with E-state index in [2.05, 4.69) is 21.2 Å². The summed E-state index contributed by atoms with van der Waals surface area (Å²) in [5.41, 5.74) is 7.30. The zero-order chi connectivity index (χ0) is 14.6. The molecule has 1 aromatic rings. The van der Waals surface area contributed by atoms with Crippen LogP contribution in [0.15, 0.2) is 22.7 Å². The predicted octanol–water partition coefficient (Wildman–Crippen LogP) is 2.04. The van der Waals surface area contributed by atoms with Crippen molar-refractivity contribution < 1.29 is 4.79 Å². The Kier molecular flexibility index (Phi) is 5.75. The van der Waals surface area contributed by atoms with E-state index in [1.165, 1.54) is 0 Å². The molecule has 0 aliphatic carbocycles. The molecule has 0 unspecified atom stereocenters. The molecule has 0 atom stereocenters. The topological polar surface area (TPSA) is 58.4 Å². The number of nitrogens with zero attached hydrogens (tertiary/aromatic N) is 1. The summed E-state index contributed by atoms with van der Waals surface area (Å²) in [5, 5.41) is 2.85. The van der Waals surface area contributed by atoms with Crippen LogP contribution in [0.3, 0.4) is 0 Å². The van der Waals surface area contributed by atoms with Gasteiger partial charge in [-0.2, -0.15) is 0 Å². The van der Waals surface area contributed by atoms with Crippen LogP contribution in [0.25, 0.3) is 0 Å². The van der Waals surface area contributed by atoms with Crippen molar-refractivity contribution in [3.8, 4) is 0 Å². The molecule has 0 saturated carbocycles. The molecule has 0 spiro atoms. The van der Waals surface area contributed by atoms with Crippen molar-refractivity contribution in [2.75, 3.05) is 18.5 Å². The molecule has 1 rings (SSSR count). The number of halogens is 1. The summed E-state index contributed by atoms with van der Waals surface area (Å²) >= 11 is 8.44. The first-order valence-corrected chi connectivity index (χ1v) is 7.11. The van der Waals surface area contributed by atoms with Crippen LogP contribution in [-0.4, -0.2) is 30.5 Å². The summed E-state index contributed by atoms with van der Waals surface area (Å²) in [6.07, 6.45) is 0. The molecule has 1 amide bonds. The standard InChI is InChI=1S/C13H18BrN3OS/c1-8(2)16-12(18)7-17(3)11-6-9(14)4-5-10(11)13(15)19/h4-6,8H,7H2,1-3H3,(H2,15,19)(H,16,18). The van der Waals surface area contributed by atoms with Gasteiger partial charge in [-0.15, -0.1) is 0 Å². The monoisotopic (exact) mass is 343 g/mol. The average molecular weight is 344 g/mol. The minimum Gasteiger partial charge on any atom is -0.389 e. The van der Waals surface area contributed by atoms with Crippen LogP contribution in [0.2, 0.25) is 0 Å². The molecule has 0 aliphatic heterocycles. The Balaban J connectivity index is 2.92. The van der Waals surface area contributed by atoms with Gasteiger partial charge in [0, 0.05) is 28.8 Å². The van der Waals surface area contributed by atoms with Crippen LogP contribution in [0.5, 0.6) is 0 Å². The van der Waals surface area contributed by atoms with Crippen molar-refractivity contribution in [1.29, 1.82) is 0 Å². The molecule has 0 aromatic heterocycles. The third-order valence-corrected chi connectivity index (χ3v) is 3.18. The number of nitrogens with two attached hydrogens (primary N) is 1.